The summed E-state index contributed by atoms with van der Waals surface area (Å²) in [4.78, 5) is 0. The van der Waals surface area contributed by atoms with E-state index in [4.69, 9.17) is 14.2 Å². The van der Waals surface area contributed by atoms with Gasteiger partial charge in [-0.2, -0.15) is 0 Å². The summed E-state index contributed by atoms with van der Waals surface area (Å²) >= 11 is 7.81. The molecule has 0 bridgehead atoms. The van der Waals surface area contributed by atoms with E-state index in [1.54, 1.807) is 7.11 Å². The predicted molar refractivity (Wildman–Crippen MR) is 102 cm³/mol. The molecule has 0 spiro atoms. The molecule has 130 valence electrons. The van der Waals surface area contributed by atoms with Crippen molar-refractivity contribution in [2.75, 3.05) is 53.1 Å². The minimum atomic E-state index is 0.189. The highest BCUT2D eigenvalue weighted by Gasteiger charge is 2.14. The molecule has 2 N–H and O–H groups in total. The van der Waals surface area contributed by atoms with Gasteiger partial charge in [-0.05, 0) is 29.5 Å². The van der Waals surface area contributed by atoms with E-state index in [1.165, 1.54) is 5.56 Å². The molecule has 2 fully saturated rings. The van der Waals surface area contributed by atoms with Gasteiger partial charge in [0.15, 0.2) is 0 Å². The number of methoxy groups -OCH3 is 1. The topological polar surface area (TPSA) is 51.8 Å². The van der Waals surface area contributed by atoms with Gasteiger partial charge in [0.2, 0.25) is 0 Å². The summed E-state index contributed by atoms with van der Waals surface area (Å²) in [6, 6.07) is 8.04. The van der Waals surface area contributed by atoms with Crippen molar-refractivity contribution in [2.24, 2.45) is 0 Å². The van der Waals surface area contributed by atoms with Gasteiger partial charge in [0.05, 0.1) is 33.0 Å². The van der Waals surface area contributed by atoms with Gasteiger partial charge in [0, 0.05) is 32.7 Å². The first-order chi connectivity index (χ1) is 11.3. The number of nitrogens with one attached hydrogen (secondary N) is 2. The lowest BCUT2D eigenvalue weighted by Gasteiger charge is -2.23. The molecule has 3 rings (SSSR count). The largest absolute Gasteiger partial charge is 0.497 e. The maximum absolute atomic E-state index is 5.63. The van der Waals surface area contributed by atoms with E-state index in [9.17, 15) is 0 Å². The Morgan fingerprint density at radius 3 is 2.13 bits per heavy atom. The van der Waals surface area contributed by atoms with Crippen LogP contribution in [0.5, 0.6) is 5.75 Å². The number of hydrogen-bond acceptors (Lipinski definition) is 6. The molecular formula is C15H25N2O3PS2. The summed E-state index contributed by atoms with van der Waals surface area (Å²) in [5.41, 5.74) is 1.21. The lowest BCUT2D eigenvalue weighted by atomic mass is 10.1. The number of ether oxygens (including phenoxy) is 3. The molecule has 23 heavy (non-hydrogen) atoms. The Kier molecular flexibility index (Phi) is 12.7. The SMILES string of the molecule is C1COCCN1.COc1ccc(C2CNCCO2)cc1.S=PS. The molecule has 0 saturated carbocycles. The van der Waals surface area contributed by atoms with E-state index in [2.05, 4.69) is 46.8 Å². The third kappa shape index (κ3) is 9.57. The fourth-order valence-corrected chi connectivity index (χ4v) is 2.11. The van der Waals surface area contributed by atoms with Gasteiger partial charge in [-0.3, -0.25) is 0 Å². The van der Waals surface area contributed by atoms with Gasteiger partial charge in [-0.25, -0.2) is 0 Å². The summed E-state index contributed by atoms with van der Waals surface area (Å²) in [6.07, 6.45) is 0.189. The second kappa shape index (κ2) is 14.1. The molecule has 1 aromatic rings. The molecule has 1 unspecified atom stereocenters. The molecule has 2 heterocycles. The van der Waals surface area contributed by atoms with E-state index in [-0.39, 0.29) is 6.10 Å². The van der Waals surface area contributed by atoms with Crippen LogP contribution in [0.3, 0.4) is 0 Å². The van der Waals surface area contributed by atoms with E-state index in [0.717, 1.165) is 51.7 Å². The predicted octanol–water partition coefficient (Wildman–Crippen LogP) is 2.20. The average Bonchev–Trinajstić information content (AvgIpc) is 2.65. The van der Waals surface area contributed by atoms with Gasteiger partial charge < -0.3 is 24.8 Å². The quantitative estimate of drug-likeness (QED) is 0.544. The van der Waals surface area contributed by atoms with E-state index >= 15 is 0 Å². The van der Waals surface area contributed by atoms with Crippen molar-refractivity contribution in [3.63, 3.8) is 0 Å². The lowest BCUT2D eigenvalue weighted by molar-refractivity contribution is 0.0277. The number of rotatable bonds is 2. The van der Waals surface area contributed by atoms with Crippen molar-refractivity contribution < 1.29 is 14.2 Å². The van der Waals surface area contributed by atoms with Gasteiger partial charge in [-0.1, -0.05) is 12.1 Å². The summed E-state index contributed by atoms with van der Waals surface area (Å²) in [5, 5.41) is 6.47. The Morgan fingerprint density at radius 1 is 1.13 bits per heavy atom. The first kappa shape index (κ1) is 20.8. The highest BCUT2D eigenvalue weighted by Crippen LogP contribution is 2.21. The number of benzene rings is 1. The zero-order chi connectivity index (χ0) is 16.8. The first-order valence-electron chi connectivity index (χ1n) is 7.53. The van der Waals surface area contributed by atoms with Crippen LogP contribution in [0.25, 0.3) is 0 Å². The standard InChI is InChI=1S/C11H15NO2.C4H9NO.HPS2/c1-13-10-4-2-9(3-5-10)11-8-12-6-7-14-11;1-3-6-4-2-5-1;2-1-3/h2-5,11-12H,6-8H2,1H3;5H,1-4H2;(H,2,3). The summed E-state index contributed by atoms with van der Waals surface area (Å²) in [7, 11) is 1.67. The number of thiol groups is 1. The normalized spacial score (nSPS) is 20.5. The van der Waals surface area contributed by atoms with E-state index in [1.807, 2.05) is 12.1 Å². The fraction of sp³-hybridized carbons (Fsp3) is 0.600. The summed E-state index contributed by atoms with van der Waals surface area (Å²) in [6.45, 7) is 7.16. The molecule has 1 aromatic carbocycles. The first-order valence-corrected chi connectivity index (χ1v) is 10.6. The Bertz CT molecular complexity index is 402. The Labute approximate surface area is 150 Å². The molecular weight excluding hydrogens is 351 g/mol. The Morgan fingerprint density at radius 2 is 1.74 bits per heavy atom. The minimum absolute atomic E-state index is 0.189. The summed E-state index contributed by atoms with van der Waals surface area (Å²) in [5.74, 6) is 0.887. The molecule has 0 radical (unpaired) electrons. The third-order valence-electron chi connectivity index (χ3n) is 3.26. The van der Waals surface area contributed by atoms with Crippen LogP contribution in [0.4, 0.5) is 0 Å². The monoisotopic (exact) mass is 376 g/mol. The van der Waals surface area contributed by atoms with Crippen LogP contribution in [0.15, 0.2) is 24.3 Å². The van der Waals surface area contributed by atoms with Crippen molar-refractivity contribution in [3.8, 4) is 5.75 Å². The van der Waals surface area contributed by atoms with E-state index < -0.39 is 0 Å². The highest BCUT2D eigenvalue weighted by molar-refractivity contribution is 8.49. The van der Waals surface area contributed by atoms with Crippen molar-refractivity contribution in [1.29, 1.82) is 0 Å². The molecule has 2 saturated heterocycles. The molecule has 5 nitrogen and oxygen atoms in total. The van der Waals surface area contributed by atoms with Crippen molar-refractivity contribution in [3.05, 3.63) is 29.8 Å². The second-order valence-electron chi connectivity index (χ2n) is 4.78. The highest BCUT2D eigenvalue weighted by atomic mass is 32.9. The van der Waals surface area contributed by atoms with Crippen molar-refractivity contribution in [1.82, 2.24) is 10.6 Å². The fourth-order valence-electron chi connectivity index (χ4n) is 2.11. The smallest absolute Gasteiger partial charge is 0.118 e. The van der Waals surface area contributed by atoms with E-state index in [0.29, 0.717) is 6.56 Å². The van der Waals surface area contributed by atoms with Gasteiger partial charge in [0.1, 0.15) is 5.75 Å². The van der Waals surface area contributed by atoms with Crippen LogP contribution < -0.4 is 15.4 Å². The number of hydrogen-bond donors (Lipinski definition) is 3. The van der Waals surface area contributed by atoms with Crippen molar-refractivity contribution >= 4 is 30.6 Å². The number of morpholine rings is 2. The zero-order valence-corrected chi connectivity index (χ0v) is 16.0. The molecule has 0 aliphatic carbocycles. The summed E-state index contributed by atoms with van der Waals surface area (Å²) < 4.78 is 15.7. The van der Waals surface area contributed by atoms with Crippen LogP contribution in [-0.4, -0.2) is 53.1 Å². The minimum Gasteiger partial charge on any atom is -0.497 e. The van der Waals surface area contributed by atoms with Crippen LogP contribution in [0, 0.1) is 0 Å². The van der Waals surface area contributed by atoms with Crippen LogP contribution in [0.2, 0.25) is 0 Å². The Balaban J connectivity index is 0.000000244. The molecule has 1 atom stereocenters. The third-order valence-corrected chi connectivity index (χ3v) is 3.26. The van der Waals surface area contributed by atoms with Gasteiger partial charge >= 0.3 is 0 Å². The lowest BCUT2D eigenvalue weighted by Crippen LogP contribution is -2.33. The molecule has 0 aromatic heterocycles. The molecule has 2 aliphatic rings. The van der Waals surface area contributed by atoms with Crippen molar-refractivity contribution in [2.45, 2.75) is 6.10 Å². The Hall–Kier alpha value is -0.270. The zero-order valence-electron chi connectivity index (χ0n) is 13.4. The molecule has 0 amide bonds. The molecule has 2 aliphatic heterocycles. The second-order valence-corrected chi connectivity index (χ2v) is 6.90. The van der Waals surface area contributed by atoms with Crippen LogP contribution in [0.1, 0.15) is 11.7 Å². The van der Waals surface area contributed by atoms with Crippen LogP contribution in [-0.2, 0) is 21.3 Å². The molecule has 8 heteroatoms. The van der Waals surface area contributed by atoms with Gasteiger partial charge in [-0.15, -0.1) is 12.2 Å². The maximum Gasteiger partial charge on any atom is 0.118 e. The average molecular weight is 376 g/mol. The van der Waals surface area contributed by atoms with Gasteiger partial charge in [0.25, 0.3) is 0 Å². The maximum atomic E-state index is 5.63. The van der Waals surface area contributed by atoms with Crippen LogP contribution >= 0.6 is 18.8 Å².